The molecule has 0 spiro atoms. The zero-order chi connectivity index (χ0) is 20.0. The second kappa shape index (κ2) is 6.27. The number of carbonyl (C=O) groups is 1. The molecule has 29 heavy (non-hydrogen) atoms. The predicted molar refractivity (Wildman–Crippen MR) is 108 cm³/mol. The van der Waals surface area contributed by atoms with Crippen molar-refractivity contribution in [2.24, 2.45) is 39.7 Å². The fourth-order valence-electron chi connectivity index (χ4n) is 8.41. The van der Waals surface area contributed by atoms with Crippen LogP contribution < -0.4 is 5.32 Å². The monoisotopic (exact) mass is 401 g/mol. The predicted octanol–water partition coefficient (Wildman–Crippen LogP) is 2.99. The van der Waals surface area contributed by atoms with Crippen LogP contribution >= 0.6 is 0 Å². The van der Waals surface area contributed by atoms with E-state index in [1.165, 1.54) is 6.42 Å². The summed E-state index contributed by atoms with van der Waals surface area (Å²) < 4.78 is 0. The molecule has 0 radical (unpaired) electrons. The molecule has 0 aromatic carbocycles. The molecule has 4 aliphatic carbocycles. The van der Waals surface area contributed by atoms with Crippen molar-refractivity contribution in [1.29, 1.82) is 0 Å². The largest absolute Gasteiger partial charge is 0.411 e. The minimum Gasteiger partial charge on any atom is -0.411 e. The second-order valence-electron chi connectivity index (χ2n) is 11.3. The summed E-state index contributed by atoms with van der Waals surface area (Å²) in [5.41, 5.74) is 1.07. The molecule has 2 aliphatic heterocycles. The van der Waals surface area contributed by atoms with Gasteiger partial charge in [-0.15, -0.1) is 0 Å². The van der Waals surface area contributed by atoms with Crippen molar-refractivity contribution in [1.82, 2.24) is 10.4 Å². The average Bonchev–Trinajstić information content (AvgIpc) is 3.04. The van der Waals surface area contributed by atoms with Crippen LogP contribution in [0.25, 0.3) is 0 Å². The minimum absolute atomic E-state index is 0.193. The molecule has 0 aromatic heterocycles. The Hall–Kier alpha value is -0.980. The number of oxime groups is 1. The summed E-state index contributed by atoms with van der Waals surface area (Å²) in [6, 6.07) is 1.11. The molecule has 6 fully saturated rings. The van der Waals surface area contributed by atoms with Crippen molar-refractivity contribution in [3.8, 4) is 0 Å². The van der Waals surface area contributed by atoms with E-state index in [-0.39, 0.29) is 16.7 Å². The van der Waals surface area contributed by atoms with Crippen molar-refractivity contribution >= 4 is 11.5 Å². The average molecular weight is 402 g/mol. The van der Waals surface area contributed by atoms with Gasteiger partial charge in [0.2, 0.25) is 0 Å². The summed E-state index contributed by atoms with van der Waals surface area (Å²) >= 11 is 0. The summed E-state index contributed by atoms with van der Waals surface area (Å²) in [5.74, 6) is 2.20. The van der Waals surface area contributed by atoms with Gasteiger partial charge in [0.05, 0.1) is 23.9 Å². The number of hydroxylamine groups is 2. The van der Waals surface area contributed by atoms with Gasteiger partial charge in [-0.3, -0.25) is 9.63 Å². The molecular weight excluding hydrogens is 366 g/mol. The SMILES string of the molecule is C[C@]12CC3C(CC1C/C(=N\O)[C@@H]1[C@@H]2CC[C@]2(C)C(=O)CC[C@@H]12)N3O[C@@H]1CCNC1. The maximum absolute atomic E-state index is 12.7. The fraction of sp³-hybridized carbons (Fsp3) is 0.913. The lowest BCUT2D eigenvalue weighted by Crippen LogP contribution is -2.57. The summed E-state index contributed by atoms with van der Waals surface area (Å²) in [7, 11) is 0. The molecule has 0 amide bonds. The van der Waals surface area contributed by atoms with Gasteiger partial charge in [0.1, 0.15) is 5.78 Å². The normalized spacial score (nSPS) is 57.2. The van der Waals surface area contributed by atoms with Crippen LogP contribution in [0.2, 0.25) is 0 Å². The first-order valence-electron chi connectivity index (χ1n) is 11.9. The molecule has 160 valence electrons. The minimum atomic E-state index is -0.193. The van der Waals surface area contributed by atoms with Crippen LogP contribution in [0.15, 0.2) is 5.16 Å². The third-order valence-corrected chi connectivity index (χ3v) is 10.2. The topological polar surface area (TPSA) is 73.9 Å². The van der Waals surface area contributed by atoms with Crippen LogP contribution in [-0.4, -0.2) is 53.0 Å². The molecule has 2 N–H and O–H groups in total. The van der Waals surface area contributed by atoms with Crippen LogP contribution in [-0.2, 0) is 9.63 Å². The number of nitrogens with one attached hydrogen (secondary N) is 1. The van der Waals surface area contributed by atoms with Crippen LogP contribution in [0.1, 0.15) is 65.2 Å². The van der Waals surface area contributed by atoms with Crippen LogP contribution in [0.5, 0.6) is 0 Å². The lowest BCUT2D eigenvalue weighted by atomic mass is 9.45. The van der Waals surface area contributed by atoms with E-state index >= 15 is 0 Å². The maximum Gasteiger partial charge on any atom is 0.139 e. The fourth-order valence-corrected chi connectivity index (χ4v) is 8.41. The number of rotatable bonds is 2. The van der Waals surface area contributed by atoms with Gasteiger partial charge in [-0.2, -0.15) is 5.06 Å². The molecule has 6 aliphatic rings. The zero-order valence-electron chi connectivity index (χ0n) is 17.8. The summed E-state index contributed by atoms with van der Waals surface area (Å²) in [6.07, 6.45) is 8.49. The van der Waals surface area contributed by atoms with Crippen LogP contribution in [0, 0.1) is 34.5 Å². The van der Waals surface area contributed by atoms with E-state index in [0.29, 0.717) is 48.1 Å². The summed E-state index contributed by atoms with van der Waals surface area (Å²) in [5, 5.41) is 19.5. The van der Waals surface area contributed by atoms with Crippen molar-refractivity contribution in [3.63, 3.8) is 0 Å². The maximum atomic E-state index is 12.7. The molecule has 6 rings (SSSR count). The summed E-state index contributed by atoms with van der Waals surface area (Å²) in [4.78, 5) is 19.1. The van der Waals surface area contributed by atoms with Crippen molar-refractivity contribution in [2.45, 2.75) is 83.4 Å². The van der Waals surface area contributed by atoms with Gasteiger partial charge >= 0.3 is 0 Å². The van der Waals surface area contributed by atoms with Gasteiger partial charge in [-0.05, 0) is 74.7 Å². The molecule has 4 unspecified atom stereocenters. The Morgan fingerprint density at radius 2 is 2.07 bits per heavy atom. The first-order chi connectivity index (χ1) is 14.0. The van der Waals surface area contributed by atoms with Gasteiger partial charge in [-0.25, -0.2) is 0 Å². The Balaban J connectivity index is 1.27. The summed E-state index contributed by atoms with van der Waals surface area (Å²) in [6.45, 7) is 6.73. The van der Waals surface area contributed by atoms with E-state index in [4.69, 9.17) is 4.84 Å². The Morgan fingerprint density at radius 1 is 1.21 bits per heavy atom. The molecule has 2 saturated heterocycles. The molecule has 4 saturated carbocycles. The van der Waals surface area contributed by atoms with Gasteiger partial charge in [0.15, 0.2) is 0 Å². The van der Waals surface area contributed by atoms with Gasteiger partial charge in [0.25, 0.3) is 0 Å². The Kier molecular flexibility index (Phi) is 4.06. The van der Waals surface area contributed by atoms with E-state index in [1.807, 2.05) is 0 Å². The highest BCUT2D eigenvalue weighted by Crippen LogP contribution is 2.67. The van der Waals surface area contributed by atoms with Gasteiger partial charge < -0.3 is 10.5 Å². The third kappa shape index (κ3) is 2.51. The van der Waals surface area contributed by atoms with Gasteiger partial charge in [0, 0.05) is 24.3 Å². The highest BCUT2D eigenvalue weighted by atomic mass is 16.7. The number of carbonyl (C=O) groups excluding carboxylic acids is 1. The lowest BCUT2D eigenvalue weighted by molar-refractivity contribution is -0.132. The standard InChI is InChI=1S/C23H35N3O3/c1-22-7-5-16-21(15(22)3-4-20(22)27)17(25-28)9-13-10-18-19(11-23(13,16)2)26(18)29-14-6-8-24-12-14/h13-16,18-19,21,24,28H,3-12H2,1-2H3/b25-17+/t13?,14-,15+,16+,18?,19?,21+,22+,23+,26?/m1/s1. The molecule has 6 nitrogen and oxygen atoms in total. The first-order valence-corrected chi connectivity index (χ1v) is 11.9. The van der Waals surface area contributed by atoms with E-state index in [9.17, 15) is 10.0 Å². The van der Waals surface area contributed by atoms with E-state index in [2.05, 4.69) is 29.4 Å². The van der Waals surface area contributed by atoms with Crippen LogP contribution in [0.4, 0.5) is 0 Å². The van der Waals surface area contributed by atoms with Crippen molar-refractivity contribution < 1.29 is 14.8 Å². The van der Waals surface area contributed by atoms with E-state index < -0.39 is 0 Å². The Bertz CT molecular complexity index is 750. The number of Topliss-reactive ketones (excluding diaryl/α,β-unsaturated/α-hetero) is 1. The molecule has 6 heteroatoms. The number of hydrogen-bond donors (Lipinski definition) is 2. The molecule has 0 aromatic rings. The number of ketones is 1. The van der Waals surface area contributed by atoms with Crippen molar-refractivity contribution in [3.05, 3.63) is 0 Å². The van der Waals surface area contributed by atoms with Crippen molar-refractivity contribution in [2.75, 3.05) is 13.1 Å². The van der Waals surface area contributed by atoms with E-state index in [1.54, 1.807) is 0 Å². The zero-order valence-corrected chi connectivity index (χ0v) is 17.8. The molecule has 2 heterocycles. The van der Waals surface area contributed by atoms with E-state index in [0.717, 1.165) is 57.3 Å². The highest BCUT2D eigenvalue weighted by Gasteiger charge is 2.67. The Morgan fingerprint density at radius 3 is 2.83 bits per heavy atom. The third-order valence-electron chi connectivity index (χ3n) is 10.2. The molecule has 10 atom stereocenters. The Labute approximate surface area is 173 Å². The smallest absolute Gasteiger partial charge is 0.139 e. The molecule has 0 bridgehead atoms. The number of hydrogen-bond acceptors (Lipinski definition) is 6. The number of nitrogens with zero attached hydrogens (tertiary/aromatic N) is 2. The molecular formula is C23H35N3O3. The van der Waals surface area contributed by atoms with Gasteiger partial charge in [-0.1, -0.05) is 19.0 Å². The first kappa shape index (κ1) is 18.8. The quantitative estimate of drug-likeness (QED) is 0.423. The van der Waals surface area contributed by atoms with Crippen LogP contribution in [0.3, 0.4) is 0 Å². The number of fused-ring (bicyclic) bond motifs is 6. The highest BCUT2D eigenvalue weighted by molar-refractivity contribution is 5.92. The second-order valence-corrected chi connectivity index (χ2v) is 11.3. The lowest BCUT2D eigenvalue weighted by Gasteiger charge is -2.58.